The summed E-state index contributed by atoms with van der Waals surface area (Å²) in [4.78, 5) is 30.8. The second kappa shape index (κ2) is 22.7. The van der Waals surface area contributed by atoms with Gasteiger partial charge in [0.1, 0.15) is 0 Å². The number of carboxylic acid groups (broad SMARTS) is 1. The highest BCUT2D eigenvalue weighted by Crippen LogP contribution is 2.31. The quantitative estimate of drug-likeness (QED) is 0.311. The normalized spacial score (nSPS) is 8.97. The maximum Gasteiger partial charge on any atom is 0.333 e. The first-order valence-corrected chi connectivity index (χ1v) is 9.88. The van der Waals surface area contributed by atoms with Gasteiger partial charge in [0.25, 0.3) is 0 Å². The molecule has 7 nitrogen and oxygen atoms in total. The van der Waals surface area contributed by atoms with Gasteiger partial charge in [-0.05, 0) is 20.4 Å². The molecule has 0 atom stereocenters. The lowest BCUT2D eigenvalue weighted by molar-refractivity contribution is -0.138. The third-order valence-electron chi connectivity index (χ3n) is 2.66. The standard InChI is InChI=1S/C8H11Cl3O2.C5H8O2.C4H6O2.C2H7N/c1-6(7(12)13-2)8(3-9,4-10)5-11;1-3-5(6)7-4-2;1-3(2)4(5)6;1-2-3/h1,3-5H2,2H3;3H,1,4H2,2H3;1H2,2H3,(H,5,6);2-3H2,1H3. The van der Waals surface area contributed by atoms with Crippen LogP contribution in [0.5, 0.6) is 0 Å². The molecule has 0 saturated carbocycles. The van der Waals surface area contributed by atoms with Gasteiger partial charge in [0.15, 0.2) is 0 Å². The zero-order valence-corrected chi connectivity index (χ0v) is 19.7. The van der Waals surface area contributed by atoms with Gasteiger partial charge < -0.3 is 20.3 Å². The highest BCUT2D eigenvalue weighted by molar-refractivity contribution is 6.25. The topological polar surface area (TPSA) is 116 Å². The van der Waals surface area contributed by atoms with Crippen molar-refractivity contribution in [1.82, 2.24) is 0 Å². The Bertz CT molecular complexity index is 500. The molecule has 29 heavy (non-hydrogen) atoms. The third kappa shape index (κ3) is 19.5. The monoisotopic (exact) mass is 475 g/mol. The molecule has 0 aliphatic carbocycles. The van der Waals surface area contributed by atoms with Gasteiger partial charge in [0, 0.05) is 40.3 Å². The van der Waals surface area contributed by atoms with Crippen molar-refractivity contribution in [2.75, 3.05) is 37.9 Å². The van der Waals surface area contributed by atoms with Gasteiger partial charge in [-0.25, -0.2) is 14.4 Å². The molecule has 0 fully saturated rings. The van der Waals surface area contributed by atoms with Crippen LogP contribution in [0.25, 0.3) is 0 Å². The Kier molecular flexibility index (Phi) is 27.4. The maximum absolute atomic E-state index is 11.1. The highest BCUT2D eigenvalue weighted by Gasteiger charge is 2.35. The van der Waals surface area contributed by atoms with E-state index in [0.29, 0.717) is 6.61 Å². The van der Waals surface area contributed by atoms with Gasteiger partial charge in [0.05, 0.1) is 13.7 Å². The Morgan fingerprint density at radius 2 is 1.45 bits per heavy atom. The summed E-state index contributed by atoms with van der Waals surface area (Å²) in [5.74, 6) is -1.38. The van der Waals surface area contributed by atoms with Crippen molar-refractivity contribution in [2.45, 2.75) is 20.8 Å². The molecule has 0 aliphatic heterocycles. The average Bonchev–Trinajstić information content (AvgIpc) is 2.70. The lowest BCUT2D eigenvalue weighted by atomic mass is 9.87. The number of aliphatic carboxylic acids is 1. The molecule has 0 amide bonds. The number of methoxy groups -OCH3 is 1. The van der Waals surface area contributed by atoms with Crippen LogP contribution in [0.15, 0.2) is 37.0 Å². The van der Waals surface area contributed by atoms with E-state index in [9.17, 15) is 14.4 Å². The Morgan fingerprint density at radius 1 is 1.10 bits per heavy atom. The number of ether oxygens (including phenoxy) is 2. The number of hydrogen-bond acceptors (Lipinski definition) is 6. The van der Waals surface area contributed by atoms with Crippen molar-refractivity contribution >= 4 is 52.7 Å². The summed E-state index contributed by atoms with van der Waals surface area (Å²) >= 11 is 17.0. The first-order valence-electron chi connectivity index (χ1n) is 8.28. The minimum Gasteiger partial charge on any atom is -0.478 e. The van der Waals surface area contributed by atoms with Gasteiger partial charge in [-0.2, -0.15) is 0 Å². The largest absolute Gasteiger partial charge is 0.478 e. The predicted octanol–water partition coefficient (Wildman–Crippen LogP) is 3.77. The van der Waals surface area contributed by atoms with Crippen molar-refractivity contribution in [2.24, 2.45) is 11.1 Å². The summed E-state index contributed by atoms with van der Waals surface area (Å²) in [7, 11) is 1.27. The Labute approximate surface area is 188 Å². The van der Waals surface area contributed by atoms with Crippen molar-refractivity contribution < 1.29 is 29.0 Å². The SMILES string of the molecule is C=C(C(=O)OC)C(CCl)(CCl)CCl.C=C(C)C(=O)O.C=CC(=O)OCC.CCN. The molecule has 0 rings (SSSR count). The van der Waals surface area contributed by atoms with Gasteiger partial charge >= 0.3 is 17.9 Å². The maximum atomic E-state index is 11.1. The van der Waals surface area contributed by atoms with Crippen LogP contribution >= 0.6 is 34.8 Å². The second-order valence-corrected chi connectivity index (χ2v) is 5.90. The van der Waals surface area contributed by atoms with E-state index in [4.69, 9.17) is 45.6 Å². The average molecular weight is 477 g/mol. The number of carbonyl (C=O) groups excluding carboxylic acids is 2. The van der Waals surface area contributed by atoms with Crippen LogP contribution in [-0.2, 0) is 23.9 Å². The lowest BCUT2D eigenvalue weighted by Gasteiger charge is -2.27. The second-order valence-electron chi connectivity index (χ2n) is 5.10. The molecule has 3 N–H and O–H groups in total. The molecular weight excluding hydrogens is 445 g/mol. The summed E-state index contributed by atoms with van der Waals surface area (Å²) in [5, 5.41) is 7.89. The molecule has 0 aromatic rings. The summed E-state index contributed by atoms with van der Waals surface area (Å²) in [6.45, 7) is 16.2. The van der Waals surface area contributed by atoms with Crippen molar-refractivity contribution in [1.29, 1.82) is 0 Å². The zero-order chi connectivity index (χ0) is 24.0. The van der Waals surface area contributed by atoms with Crippen molar-refractivity contribution in [3.05, 3.63) is 37.0 Å². The first kappa shape index (κ1) is 34.9. The van der Waals surface area contributed by atoms with Crippen LogP contribution in [0.4, 0.5) is 0 Å². The van der Waals surface area contributed by atoms with E-state index < -0.39 is 17.4 Å². The molecule has 0 aromatic carbocycles. The van der Waals surface area contributed by atoms with Gasteiger partial charge in [-0.15, -0.1) is 34.8 Å². The van der Waals surface area contributed by atoms with Gasteiger partial charge in [-0.1, -0.05) is 26.7 Å². The number of carboxylic acids is 1. The predicted molar refractivity (Wildman–Crippen MR) is 120 cm³/mol. The molecule has 0 aliphatic rings. The highest BCUT2D eigenvalue weighted by atomic mass is 35.5. The summed E-state index contributed by atoms with van der Waals surface area (Å²) in [5.41, 5.74) is 4.47. The van der Waals surface area contributed by atoms with Crippen LogP contribution in [0, 0.1) is 5.41 Å². The van der Waals surface area contributed by atoms with Crippen molar-refractivity contribution in [3.63, 3.8) is 0 Å². The molecule has 0 spiro atoms. The number of carbonyl (C=O) groups is 3. The molecule has 10 heteroatoms. The van der Waals surface area contributed by atoms with Crippen LogP contribution < -0.4 is 5.73 Å². The number of halogens is 3. The number of hydrogen-bond donors (Lipinski definition) is 2. The number of alkyl halides is 3. The minimum absolute atomic E-state index is 0.147. The molecule has 0 unspecified atom stereocenters. The van der Waals surface area contributed by atoms with Crippen molar-refractivity contribution in [3.8, 4) is 0 Å². The fourth-order valence-corrected chi connectivity index (χ4v) is 2.23. The zero-order valence-electron chi connectivity index (χ0n) is 17.4. The Morgan fingerprint density at radius 3 is 1.59 bits per heavy atom. The molecular formula is C19H32Cl3NO6. The van der Waals surface area contributed by atoms with E-state index in [1.807, 2.05) is 6.92 Å². The smallest absolute Gasteiger partial charge is 0.333 e. The Balaban J connectivity index is -0.000000165. The van der Waals surface area contributed by atoms with E-state index in [-0.39, 0.29) is 34.8 Å². The fraction of sp³-hybridized carbons (Fsp3) is 0.526. The lowest BCUT2D eigenvalue weighted by Crippen LogP contribution is -2.33. The number of nitrogens with two attached hydrogens (primary N) is 1. The van der Waals surface area contributed by atoms with E-state index in [1.165, 1.54) is 14.0 Å². The molecule has 170 valence electrons. The van der Waals surface area contributed by atoms with Gasteiger partial charge in [0.2, 0.25) is 0 Å². The number of rotatable bonds is 8. The molecule has 0 radical (unpaired) electrons. The summed E-state index contributed by atoms with van der Waals surface area (Å²) in [6, 6.07) is 0. The van der Waals surface area contributed by atoms with E-state index >= 15 is 0 Å². The van der Waals surface area contributed by atoms with Crippen LogP contribution in [-0.4, -0.2) is 60.9 Å². The van der Waals surface area contributed by atoms with Crippen LogP contribution in [0.3, 0.4) is 0 Å². The molecule has 0 bridgehead atoms. The van der Waals surface area contributed by atoms with E-state index in [1.54, 1.807) is 6.92 Å². The summed E-state index contributed by atoms with van der Waals surface area (Å²) < 4.78 is 8.94. The number of esters is 2. The molecule has 0 heterocycles. The summed E-state index contributed by atoms with van der Waals surface area (Å²) in [6.07, 6.45) is 1.14. The minimum atomic E-state index is -0.935. The first-order chi connectivity index (χ1) is 13.4. The van der Waals surface area contributed by atoms with E-state index in [0.717, 1.165) is 12.6 Å². The van der Waals surface area contributed by atoms with E-state index in [2.05, 4.69) is 29.2 Å². The fourth-order valence-electron chi connectivity index (χ4n) is 0.890. The molecule has 0 saturated heterocycles. The van der Waals surface area contributed by atoms with Crippen LogP contribution in [0.2, 0.25) is 0 Å². The molecule has 0 aromatic heterocycles. The van der Waals surface area contributed by atoms with Crippen LogP contribution in [0.1, 0.15) is 20.8 Å². The third-order valence-corrected chi connectivity index (χ3v) is 4.19. The Hall–Kier alpha value is -1.54. The van der Waals surface area contributed by atoms with Gasteiger partial charge in [-0.3, -0.25) is 0 Å².